The van der Waals surface area contributed by atoms with E-state index in [9.17, 15) is 0 Å². The summed E-state index contributed by atoms with van der Waals surface area (Å²) in [5, 5.41) is 18.2. The molecule has 172 valence electrons. The number of hydrogen-bond acceptors (Lipinski definition) is 2. The average molecular weight is 479 g/mol. The lowest BCUT2D eigenvalue weighted by molar-refractivity contribution is 1.37. The maximum atomic E-state index is 5.25. The molecule has 0 unspecified atom stereocenters. The Bertz CT molecular complexity index is 2500. The summed E-state index contributed by atoms with van der Waals surface area (Å²) in [4.78, 5) is 9.95. The van der Waals surface area contributed by atoms with E-state index >= 15 is 0 Å². The van der Waals surface area contributed by atoms with Gasteiger partial charge < -0.3 is 0 Å². The van der Waals surface area contributed by atoms with E-state index in [1.54, 1.807) is 0 Å². The lowest BCUT2D eigenvalue weighted by Gasteiger charge is -2.22. The Kier molecular flexibility index (Phi) is 3.23. The molecule has 2 nitrogen and oxygen atoms in total. The Labute approximate surface area is 216 Å². The molecule has 10 aromatic rings. The first-order chi connectivity index (χ1) is 18.8. The van der Waals surface area contributed by atoms with Gasteiger partial charge in [0.05, 0.1) is 16.7 Å². The van der Waals surface area contributed by atoms with Crippen LogP contribution in [0.5, 0.6) is 0 Å². The van der Waals surface area contributed by atoms with Crippen molar-refractivity contribution in [1.29, 1.82) is 0 Å². The summed E-state index contributed by atoms with van der Waals surface area (Å²) in [5.41, 5.74) is 4.07. The van der Waals surface area contributed by atoms with E-state index in [4.69, 9.17) is 9.97 Å². The monoisotopic (exact) mass is 478 g/mol. The van der Waals surface area contributed by atoms with Crippen LogP contribution in [0.25, 0.3) is 97.7 Å². The fraction of sp³-hybridized carbons (Fsp3) is 0. The number of rotatable bonds is 1. The fourth-order valence-electron chi connectivity index (χ4n) is 7.07. The van der Waals surface area contributed by atoms with E-state index in [1.807, 2.05) is 12.3 Å². The van der Waals surface area contributed by atoms with Crippen molar-refractivity contribution in [3.8, 4) is 11.3 Å². The minimum Gasteiger partial charge on any atom is -0.254 e. The third-order valence-corrected chi connectivity index (χ3v) is 8.71. The summed E-state index contributed by atoms with van der Waals surface area (Å²) < 4.78 is 0. The Morgan fingerprint density at radius 1 is 0.395 bits per heavy atom. The van der Waals surface area contributed by atoms with E-state index < -0.39 is 0 Å². The molecule has 10 rings (SSSR count). The standard InChI is InChI=1S/C36H18N2/c1-2-23-10-11-24-14-16-28(38-36(24)35(23)37-17-1)27-18-25-12-9-21-6-4-19-3-5-20-7-8-22-13-15-26(27)34-32(22)30(20)29(19)31(21)33(25)34/h1-18H. The van der Waals surface area contributed by atoms with Crippen molar-refractivity contribution in [2.24, 2.45) is 0 Å². The molecule has 2 aromatic heterocycles. The third-order valence-electron chi connectivity index (χ3n) is 8.71. The zero-order valence-electron chi connectivity index (χ0n) is 20.3. The minimum absolute atomic E-state index is 0.951. The van der Waals surface area contributed by atoms with E-state index in [1.165, 1.54) is 70.2 Å². The van der Waals surface area contributed by atoms with Crippen molar-refractivity contribution >= 4 is 86.4 Å². The molecule has 2 heterocycles. The highest BCUT2D eigenvalue weighted by Crippen LogP contribution is 2.50. The minimum atomic E-state index is 0.951. The van der Waals surface area contributed by atoms with E-state index in [0.29, 0.717) is 0 Å². The van der Waals surface area contributed by atoms with Gasteiger partial charge in [0.25, 0.3) is 0 Å². The van der Waals surface area contributed by atoms with Gasteiger partial charge in [-0.25, -0.2) is 4.98 Å². The summed E-state index contributed by atoms with van der Waals surface area (Å²) in [7, 11) is 0. The van der Waals surface area contributed by atoms with Gasteiger partial charge in [-0.05, 0) is 82.8 Å². The van der Waals surface area contributed by atoms with Gasteiger partial charge >= 0.3 is 0 Å². The highest BCUT2D eigenvalue weighted by atomic mass is 14.8. The molecule has 0 amide bonds. The van der Waals surface area contributed by atoms with Gasteiger partial charge in [-0.2, -0.15) is 0 Å². The second kappa shape index (κ2) is 6.42. The first-order valence-electron chi connectivity index (χ1n) is 13.1. The first kappa shape index (κ1) is 19.1. The Balaban J connectivity index is 1.44. The molecule has 0 spiro atoms. The van der Waals surface area contributed by atoms with Crippen molar-refractivity contribution in [1.82, 2.24) is 9.97 Å². The van der Waals surface area contributed by atoms with Gasteiger partial charge in [-0.1, -0.05) is 84.9 Å². The molecule has 0 aliphatic carbocycles. The van der Waals surface area contributed by atoms with Crippen LogP contribution in [-0.2, 0) is 0 Å². The number of nitrogens with zero attached hydrogens (tertiary/aromatic N) is 2. The highest BCUT2D eigenvalue weighted by molar-refractivity contribution is 6.45. The molecule has 8 aromatic carbocycles. The molecule has 0 atom stereocenters. The molecular weight excluding hydrogens is 460 g/mol. The number of fused-ring (bicyclic) bond motifs is 3. The van der Waals surface area contributed by atoms with E-state index in [2.05, 4.69) is 97.1 Å². The van der Waals surface area contributed by atoms with Gasteiger partial charge in [0.2, 0.25) is 0 Å². The van der Waals surface area contributed by atoms with Crippen LogP contribution in [0.4, 0.5) is 0 Å². The highest BCUT2D eigenvalue weighted by Gasteiger charge is 2.22. The van der Waals surface area contributed by atoms with Crippen molar-refractivity contribution in [2.45, 2.75) is 0 Å². The number of pyridine rings is 2. The number of hydrogen-bond donors (Lipinski definition) is 0. The molecule has 0 N–H and O–H groups in total. The Morgan fingerprint density at radius 2 is 0.895 bits per heavy atom. The Hall–Kier alpha value is -5.08. The van der Waals surface area contributed by atoms with Gasteiger partial charge in [-0.15, -0.1) is 0 Å². The first-order valence-corrected chi connectivity index (χ1v) is 13.1. The molecular formula is C36H18N2. The topological polar surface area (TPSA) is 25.8 Å². The number of benzene rings is 8. The summed E-state index contributed by atoms with van der Waals surface area (Å²) >= 11 is 0. The average Bonchev–Trinajstić information content (AvgIpc) is 2.99. The summed E-state index contributed by atoms with van der Waals surface area (Å²) in [6.45, 7) is 0. The van der Waals surface area contributed by atoms with Crippen LogP contribution in [0.3, 0.4) is 0 Å². The second-order valence-corrected chi connectivity index (χ2v) is 10.6. The van der Waals surface area contributed by atoms with Crippen LogP contribution in [0.2, 0.25) is 0 Å². The van der Waals surface area contributed by atoms with Crippen LogP contribution in [0.1, 0.15) is 0 Å². The van der Waals surface area contributed by atoms with Gasteiger partial charge in [0, 0.05) is 22.5 Å². The van der Waals surface area contributed by atoms with Crippen LogP contribution < -0.4 is 0 Å². The lowest BCUT2D eigenvalue weighted by atomic mass is 9.81. The van der Waals surface area contributed by atoms with Gasteiger partial charge in [0.15, 0.2) is 0 Å². The fourth-order valence-corrected chi connectivity index (χ4v) is 7.07. The largest absolute Gasteiger partial charge is 0.254 e. The zero-order chi connectivity index (χ0) is 24.5. The quantitative estimate of drug-likeness (QED) is 0.173. The van der Waals surface area contributed by atoms with Crippen molar-refractivity contribution in [3.05, 3.63) is 109 Å². The van der Waals surface area contributed by atoms with E-state index in [0.717, 1.165) is 27.5 Å². The molecule has 2 heteroatoms. The van der Waals surface area contributed by atoms with Crippen LogP contribution in [0.15, 0.2) is 109 Å². The van der Waals surface area contributed by atoms with Crippen LogP contribution in [-0.4, -0.2) is 9.97 Å². The summed E-state index contributed by atoms with van der Waals surface area (Å²) in [6.07, 6.45) is 1.86. The lowest BCUT2D eigenvalue weighted by Crippen LogP contribution is -1.95. The molecule has 0 radical (unpaired) electrons. The molecule has 0 bridgehead atoms. The van der Waals surface area contributed by atoms with Crippen molar-refractivity contribution in [3.63, 3.8) is 0 Å². The molecule has 0 aliphatic heterocycles. The Morgan fingerprint density at radius 3 is 1.58 bits per heavy atom. The molecule has 38 heavy (non-hydrogen) atoms. The third kappa shape index (κ3) is 2.17. The second-order valence-electron chi connectivity index (χ2n) is 10.6. The number of aromatic nitrogens is 2. The van der Waals surface area contributed by atoms with Crippen molar-refractivity contribution < 1.29 is 0 Å². The summed E-state index contributed by atoms with van der Waals surface area (Å²) in [6, 6.07) is 37.9. The molecule has 0 aliphatic rings. The summed E-state index contributed by atoms with van der Waals surface area (Å²) in [5.74, 6) is 0. The normalized spacial score (nSPS) is 12.7. The predicted molar refractivity (Wildman–Crippen MR) is 161 cm³/mol. The van der Waals surface area contributed by atoms with Crippen LogP contribution >= 0.6 is 0 Å². The predicted octanol–water partition coefficient (Wildman–Crippen LogP) is 9.68. The SMILES string of the molecule is c1cnc2c(c1)ccc1ccc(-c3cc4ccc5ccc6ccc7ccc8ccc3c3c8c7c6c5c43)nc12. The zero-order valence-corrected chi connectivity index (χ0v) is 20.3. The van der Waals surface area contributed by atoms with Gasteiger partial charge in [-0.3, -0.25) is 4.98 Å². The van der Waals surface area contributed by atoms with Gasteiger partial charge in [0.1, 0.15) is 0 Å². The van der Waals surface area contributed by atoms with Crippen molar-refractivity contribution in [2.75, 3.05) is 0 Å². The maximum Gasteiger partial charge on any atom is 0.0972 e. The van der Waals surface area contributed by atoms with Crippen LogP contribution in [0, 0.1) is 0 Å². The molecule has 0 saturated heterocycles. The molecule has 0 fully saturated rings. The van der Waals surface area contributed by atoms with E-state index in [-0.39, 0.29) is 0 Å². The smallest absolute Gasteiger partial charge is 0.0972 e. The maximum absolute atomic E-state index is 5.25. The molecule has 0 saturated carbocycles.